The van der Waals surface area contributed by atoms with Crippen LogP contribution in [0.1, 0.15) is 19.4 Å². The number of carbonyl (C=O) groups is 1. The van der Waals surface area contributed by atoms with Crippen molar-refractivity contribution in [2.45, 2.75) is 19.9 Å². The number of carbonyl (C=O) groups excluding carboxylic acids is 1. The lowest BCUT2D eigenvalue weighted by Gasteiger charge is -2.35. The normalized spacial score (nSPS) is 15.1. The largest absolute Gasteiger partial charge is 0.353 e. The number of anilines is 1. The first-order valence-electron chi connectivity index (χ1n) is 6.76. The summed E-state index contributed by atoms with van der Waals surface area (Å²) in [7, 11) is 0. The highest BCUT2D eigenvalue weighted by molar-refractivity contribution is 5.74. The molecule has 1 aliphatic rings. The van der Waals surface area contributed by atoms with Crippen LogP contribution < -0.4 is 10.2 Å². The number of hydrogen-bond acceptors (Lipinski definition) is 4. The first-order valence-corrected chi connectivity index (χ1v) is 6.76. The average molecular weight is 273 g/mol. The van der Waals surface area contributed by atoms with Crippen LogP contribution in [0.3, 0.4) is 0 Å². The molecule has 6 nitrogen and oxygen atoms in total. The van der Waals surface area contributed by atoms with Crippen molar-refractivity contribution in [2.24, 2.45) is 0 Å². The highest BCUT2D eigenvalue weighted by Gasteiger charge is 2.21. The van der Waals surface area contributed by atoms with Gasteiger partial charge in [0.25, 0.3) is 0 Å². The number of nitriles is 1. The van der Waals surface area contributed by atoms with Crippen molar-refractivity contribution in [1.82, 2.24) is 15.2 Å². The van der Waals surface area contributed by atoms with Crippen LogP contribution in [0, 0.1) is 11.3 Å². The van der Waals surface area contributed by atoms with Crippen molar-refractivity contribution in [1.29, 1.82) is 5.26 Å². The van der Waals surface area contributed by atoms with Gasteiger partial charge in [-0.05, 0) is 26.0 Å². The highest BCUT2D eigenvalue weighted by Crippen LogP contribution is 2.13. The zero-order valence-electron chi connectivity index (χ0n) is 11.8. The Morgan fingerprint density at radius 2 is 2.05 bits per heavy atom. The minimum absolute atomic E-state index is 0.00700. The maximum absolute atomic E-state index is 11.9. The van der Waals surface area contributed by atoms with Crippen molar-refractivity contribution in [3.05, 3.63) is 23.9 Å². The van der Waals surface area contributed by atoms with Crippen molar-refractivity contribution in [3.8, 4) is 6.07 Å². The molecule has 0 atom stereocenters. The summed E-state index contributed by atoms with van der Waals surface area (Å²) >= 11 is 0. The van der Waals surface area contributed by atoms with Crippen LogP contribution in [0.4, 0.5) is 10.6 Å². The Balaban J connectivity index is 1.90. The molecule has 0 spiro atoms. The number of nitrogens with one attached hydrogen (secondary N) is 1. The third kappa shape index (κ3) is 3.38. The highest BCUT2D eigenvalue weighted by atomic mass is 16.2. The number of nitrogens with zero attached hydrogens (tertiary/aromatic N) is 4. The molecular formula is C14H19N5O. The van der Waals surface area contributed by atoms with Gasteiger partial charge in [0, 0.05) is 38.4 Å². The Morgan fingerprint density at radius 3 is 2.55 bits per heavy atom. The third-order valence-corrected chi connectivity index (χ3v) is 3.18. The zero-order chi connectivity index (χ0) is 14.5. The summed E-state index contributed by atoms with van der Waals surface area (Å²) in [5.74, 6) is 0.855. The van der Waals surface area contributed by atoms with Crippen molar-refractivity contribution in [2.75, 3.05) is 31.1 Å². The number of piperazine rings is 1. The quantitative estimate of drug-likeness (QED) is 0.878. The molecule has 0 radical (unpaired) electrons. The number of hydrogen-bond donors (Lipinski definition) is 1. The summed E-state index contributed by atoms with van der Waals surface area (Å²) in [6.07, 6.45) is 1.58. The van der Waals surface area contributed by atoms with E-state index in [4.69, 9.17) is 5.26 Å². The Bertz CT molecular complexity index is 497. The van der Waals surface area contributed by atoms with Gasteiger partial charge < -0.3 is 15.1 Å². The Labute approximate surface area is 119 Å². The lowest BCUT2D eigenvalue weighted by atomic mass is 10.2. The van der Waals surface area contributed by atoms with Gasteiger partial charge in [-0.25, -0.2) is 9.78 Å². The van der Waals surface area contributed by atoms with E-state index in [1.807, 2.05) is 24.8 Å². The fraction of sp³-hybridized carbons (Fsp3) is 0.500. The molecule has 1 fully saturated rings. The second-order valence-corrected chi connectivity index (χ2v) is 5.10. The molecule has 2 amide bonds. The van der Waals surface area contributed by atoms with Crippen LogP contribution in [0.25, 0.3) is 0 Å². The molecule has 0 aromatic carbocycles. The maximum Gasteiger partial charge on any atom is 0.317 e. The minimum atomic E-state index is -0.00700. The standard InChI is InChI=1S/C14H19N5O/c1-11(2)17-14(20)19-7-5-18(6-8-19)13-4-3-12(9-15)10-16-13/h3-4,10-11H,5-8H2,1-2H3,(H,17,20). The van der Waals surface area contributed by atoms with Gasteiger partial charge in [0.05, 0.1) is 5.56 Å². The van der Waals surface area contributed by atoms with Crippen LogP contribution in [-0.2, 0) is 0 Å². The monoisotopic (exact) mass is 273 g/mol. The van der Waals surface area contributed by atoms with E-state index in [1.54, 1.807) is 12.3 Å². The van der Waals surface area contributed by atoms with E-state index in [2.05, 4.69) is 21.3 Å². The van der Waals surface area contributed by atoms with Gasteiger partial charge >= 0.3 is 6.03 Å². The van der Waals surface area contributed by atoms with Crippen LogP contribution in [0.5, 0.6) is 0 Å². The topological polar surface area (TPSA) is 72.3 Å². The Hall–Kier alpha value is -2.29. The summed E-state index contributed by atoms with van der Waals surface area (Å²) < 4.78 is 0. The third-order valence-electron chi connectivity index (χ3n) is 3.18. The SMILES string of the molecule is CC(C)NC(=O)N1CCN(c2ccc(C#N)cn2)CC1. The summed E-state index contributed by atoms with van der Waals surface area (Å²) in [5.41, 5.74) is 0.559. The van der Waals surface area contributed by atoms with Gasteiger partial charge in [-0.2, -0.15) is 5.26 Å². The second kappa shape index (κ2) is 6.24. The maximum atomic E-state index is 11.9. The molecule has 0 unspecified atom stereocenters. The molecule has 1 N–H and O–H groups in total. The zero-order valence-corrected chi connectivity index (χ0v) is 11.8. The first kappa shape index (κ1) is 14.1. The number of aromatic nitrogens is 1. The lowest BCUT2D eigenvalue weighted by Crippen LogP contribution is -2.53. The molecule has 2 heterocycles. The predicted molar refractivity (Wildman–Crippen MR) is 76.4 cm³/mol. The minimum Gasteiger partial charge on any atom is -0.353 e. The molecule has 0 bridgehead atoms. The molecule has 1 aromatic rings. The second-order valence-electron chi connectivity index (χ2n) is 5.10. The summed E-state index contributed by atoms with van der Waals surface area (Å²) in [6, 6.07) is 5.82. The lowest BCUT2D eigenvalue weighted by molar-refractivity contribution is 0.191. The molecule has 0 saturated carbocycles. The predicted octanol–water partition coefficient (Wildman–Crippen LogP) is 1.19. The Morgan fingerprint density at radius 1 is 1.35 bits per heavy atom. The molecule has 0 aliphatic carbocycles. The number of rotatable bonds is 2. The fourth-order valence-electron chi connectivity index (χ4n) is 2.12. The van der Waals surface area contributed by atoms with Crippen LogP contribution >= 0.6 is 0 Å². The van der Waals surface area contributed by atoms with E-state index in [1.165, 1.54) is 0 Å². The van der Waals surface area contributed by atoms with E-state index >= 15 is 0 Å². The molecule has 1 saturated heterocycles. The Kier molecular flexibility index (Phi) is 4.41. The van der Waals surface area contributed by atoms with Gasteiger partial charge in [-0.1, -0.05) is 0 Å². The first-order chi connectivity index (χ1) is 9.60. The average Bonchev–Trinajstić information content (AvgIpc) is 2.47. The van der Waals surface area contributed by atoms with Crippen LogP contribution in [-0.4, -0.2) is 48.1 Å². The number of urea groups is 1. The number of amides is 2. The molecule has 106 valence electrons. The van der Waals surface area contributed by atoms with Crippen molar-refractivity contribution >= 4 is 11.8 Å². The van der Waals surface area contributed by atoms with E-state index < -0.39 is 0 Å². The fourth-order valence-corrected chi connectivity index (χ4v) is 2.12. The molecule has 2 rings (SSSR count). The van der Waals surface area contributed by atoms with Crippen molar-refractivity contribution < 1.29 is 4.79 Å². The van der Waals surface area contributed by atoms with Gasteiger partial charge in [-0.15, -0.1) is 0 Å². The van der Waals surface area contributed by atoms with Crippen molar-refractivity contribution in [3.63, 3.8) is 0 Å². The van der Waals surface area contributed by atoms with Gasteiger partial charge in [-0.3, -0.25) is 0 Å². The molecule has 6 heteroatoms. The summed E-state index contributed by atoms with van der Waals surface area (Å²) in [5, 5.41) is 11.7. The van der Waals surface area contributed by atoms with Crippen LogP contribution in [0.2, 0.25) is 0 Å². The summed E-state index contributed by atoms with van der Waals surface area (Å²) in [4.78, 5) is 20.1. The number of pyridine rings is 1. The van der Waals surface area contributed by atoms with Crippen LogP contribution in [0.15, 0.2) is 18.3 Å². The van der Waals surface area contributed by atoms with E-state index in [0.29, 0.717) is 18.7 Å². The molecule has 20 heavy (non-hydrogen) atoms. The van der Waals surface area contributed by atoms with E-state index in [0.717, 1.165) is 18.9 Å². The molecular weight excluding hydrogens is 254 g/mol. The van der Waals surface area contributed by atoms with Gasteiger partial charge in [0.15, 0.2) is 0 Å². The van der Waals surface area contributed by atoms with E-state index in [-0.39, 0.29) is 12.1 Å². The van der Waals surface area contributed by atoms with E-state index in [9.17, 15) is 4.79 Å². The smallest absolute Gasteiger partial charge is 0.317 e. The van der Waals surface area contributed by atoms with Gasteiger partial charge in [0.1, 0.15) is 11.9 Å². The van der Waals surface area contributed by atoms with Gasteiger partial charge in [0.2, 0.25) is 0 Å². The summed E-state index contributed by atoms with van der Waals surface area (Å²) in [6.45, 7) is 6.78. The molecule has 1 aromatic heterocycles. The molecule has 1 aliphatic heterocycles.